The normalized spacial score (nSPS) is 19.3. The van der Waals surface area contributed by atoms with Gasteiger partial charge in [0.15, 0.2) is 22.8 Å². The predicted molar refractivity (Wildman–Crippen MR) is 411 cm³/mol. The molecule has 22 nitrogen and oxygen atoms in total. The summed E-state index contributed by atoms with van der Waals surface area (Å²) in [7, 11) is 45.5. The zero-order valence-electron chi connectivity index (χ0n) is 56.7. The molecule has 2 fully saturated rings. The molecular formula is C64H52B17N4O18S2. The number of aliphatic hydroxyl groups excluding tert-OH is 4. The summed E-state index contributed by atoms with van der Waals surface area (Å²) >= 11 is 0. The highest BCUT2D eigenvalue weighted by molar-refractivity contribution is 8.15. The monoisotopic (exact) mass is 1420 g/mol. The zero-order chi connectivity index (χ0) is 79.4. The third-order valence-corrected chi connectivity index (χ3v) is 18.4. The number of ketones is 4. The number of nitrogens with two attached hydrogens (primary N) is 2. The molecule has 2 amide bonds. The average Bonchev–Trinajstić information content (AvgIpc) is 0.716. The van der Waals surface area contributed by atoms with Crippen LogP contribution in [0.25, 0.3) is 11.5 Å². The van der Waals surface area contributed by atoms with Crippen LogP contribution >= 0.6 is 0 Å². The van der Waals surface area contributed by atoms with E-state index in [4.69, 9.17) is 87.5 Å². The Morgan fingerprint density at radius 2 is 0.943 bits per heavy atom. The maximum atomic E-state index is 13.4. The standard InChI is InChI=1S/C23H22N2O9S.C20H19NO7.C17H4.C4H7NO2S.B17/c1-35(33,34)25-6-2-3-10-4-5-14(26)17-13(10)8-11-7-12-9-15(27)18(22(24)31)21(30)23(12,32)20(29)16(11)19(17)28;1-7-2-3-11(22)14-10(7)5-8-4-9-6-12(23)15(19(21)27)18(26)20(9,28)17(25)13(8)16(14)24;1-3-5-7-9-11-13-15-17-16-14-12-10-8-6-4-2;1-3-4-5-8(2,6)7;1-10-15(11(2)3)17(14(8)9)16(12(4)5)13(6)7/h4-5,11-12,25-26,28,30,32H,6-9H2,1H3,(H2,24,31);2-3,8-9,22,24,26,28H,4-6H2,1H3,(H2,21,27);1-2H2;1,5H,4H2,2H3;/t11-,12+,23+;8-,9+,20+;;;/m11.../s1. The number of aromatic hydroxyl groups is 2. The molecule has 41 heteroatoms. The fourth-order valence-electron chi connectivity index (χ4n) is 12.5. The van der Waals surface area contributed by atoms with E-state index in [-0.39, 0.29) is 72.5 Å². The molecule has 14 N–H and O–H groups in total. The SMILES string of the molecule is C#CCNS(C)(=O)=O.C=C=C=C=C=C=C=C=C=C=C=C=C=C=C=C=C.CS(=O)(=O)NCC#Cc1ccc(O)c2c1C[C@H]1C[C@H]3CC(=O)C(C(N)=O)=C(O)[C@@]3(O)C(=O)C1=C2O.Cc1ccc(O)c2c1C[C@H]1C[C@H]3CC(=O)C(C(N)=O)=C(O)[C@@]3(O)C(=O)C1=C2O.[B][B]B(B([B])[B])B(B([B])[B])B(B([B])[B])B([B])[B]. The predicted octanol–water partition coefficient (Wildman–Crippen LogP) is -4.12. The van der Waals surface area contributed by atoms with Gasteiger partial charge in [0.2, 0.25) is 31.6 Å². The van der Waals surface area contributed by atoms with Crippen molar-refractivity contribution in [2.75, 3.05) is 25.6 Å². The topological polar surface area (TPSA) is 409 Å². The minimum absolute atomic E-state index is 0.00107. The number of sulfonamides is 2. The van der Waals surface area contributed by atoms with Crippen molar-refractivity contribution in [3.05, 3.63) is 191 Å². The first-order valence-electron chi connectivity index (χ1n) is 30.9. The number of carbonyl (C=O) groups excluding carboxylic acids is 6. The quantitative estimate of drug-likeness (QED) is 0.0392. The Kier molecular flexibility index (Phi) is 32.0. The Morgan fingerprint density at radius 3 is 1.28 bits per heavy atom. The van der Waals surface area contributed by atoms with E-state index in [1.807, 2.05) is 6.92 Å². The number of amides is 2. The second-order valence-corrected chi connectivity index (χ2v) is 27.6. The Labute approximate surface area is 623 Å². The van der Waals surface area contributed by atoms with Gasteiger partial charge in [-0.3, -0.25) is 28.8 Å². The molecule has 6 aliphatic carbocycles. The number of nitrogens with one attached hydrogen (secondary N) is 2. The van der Waals surface area contributed by atoms with Crippen molar-refractivity contribution >= 4 is 188 Å². The van der Waals surface area contributed by atoms with Crippen LogP contribution in [-0.2, 0) is 61.7 Å². The van der Waals surface area contributed by atoms with E-state index in [0.717, 1.165) is 18.1 Å². The van der Waals surface area contributed by atoms with Gasteiger partial charge in [0.05, 0.1) is 36.7 Å². The Balaban J connectivity index is 0.000000298. The van der Waals surface area contributed by atoms with Crippen molar-refractivity contribution in [1.82, 2.24) is 9.44 Å². The first-order chi connectivity index (χ1) is 49.1. The minimum Gasteiger partial charge on any atom is -0.508 e. The number of terminal acetylenes is 1. The third-order valence-electron chi connectivity index (χ3n) is 17.0. The van der Waals surface area contributed by atoms with Crippen LogP contribution in [0.15, 0.2) is 157 Å². The molecule has 0 aromatic heterocycles. The summed E-state index contributed by atoms with van der Waals surface area (Å²) in [4.78, 5) is 74.5. The maximum absolute atomic E-state index is 13.4. The minimum atomic E-state index is -3.45. The average molecular weight is 1410 g/mol. The van der Waals surface area contributed by atoms with Crippen molar-refractivity contribution in [2.45, 2.75) is 56.7 Å². The highest BCUT2D eigenvalue weighted by atomic mass is 32.2. The number of phenolic OH excluding ortho intramolecular Hbond substituents is 2. The number of rotatable bonds is 13. The van der Waals surface area contributed by atoms with Gasteiger partial charge in [0.25, 0.3) is 11.8 Å². The summed E-state index contributed by atoms with van der Waals surface area (Å²) in [5.41, 5.74) is 42.4. The molecule has 499 valence electrons. The molecule has 6 atom stereocenters. The number of aliphatic hydroxyl groups is 6. The number of carbonyl (C=O) groups is 6. The summed E-state index contributed by atoms with van der Waals surface area (Å²) in [6.45, 7) is 8.30. The number of primary amides is 2. The summed E-state index contributed by atoms with van der Waals surface area (Å²) in [5, 5.41) is 85.7. The van der Waals surface area contributed by atoms with Gasteiger partial charge in [0, 0.05) is 163 Å². The highest BCUT2D eigenvalue weighted by Gasteiger charge is 2.62. The molecule has 0 heterocycles. The largest absolute Gasteiger partial charge is 0.508 e. The van der Waals surface area contributed by atoms with E-state index in [1.165, 1.54) is 25.3 Å². The van der Waals surface area contributed by atoms with Gasteiger partial charge in [-0.05, 0) is 167 Å². The van der Waals surface area contributed by atoms with Gasteiger partial charge >= 0.3 is 0 Å². The summed E-state index contributed by atoms with van der Waals surface area (Å²) in [5.74, 6) is -5.59. The zero-order valence-corrected chi connectivity index (χ0v) is 58.3. The van der Waals surface area contributed by atoms with Gasteiger partial charge < -0.3 is 52.3 Å². The molecule has 0 saturated heterocycles. The van der Waals surface area contributed by atoms with Gasteiger partial charge in [-0.25, -0.2) is 26.3 Å². The lowest BCUT2D eigenvalue weighted by Crippen LogP contribution is -2.76. The van der Waals surface area contributed by atoms with Crippen LogP contribution in [0.2, 0.25) is 0 Å². The first-order valence-corrected chi connectivity index (χ1v) is 34.7. The molecular weight excluding hydrogens is 1360 g/mol. The Morgan fingerprint density at radius 1 is 0.581 bits per heavy atom. The van der Waals surface area contributed by atoms with Crippen LogP contribution in [0, 0.1) is 54.8 Å². The summed E-state index contributed by atoms with van der Waals surface area (Å²) in [6.07, 6.45) is 1.98. The van der Waals surface area contributed by atoms with Crippen molar-refractivity contribution in [3.8, 4) is 35.7 Å². The third kappa shape index (κ3) is 21.5. The number of phenols is 2. The van der Waals surface area contributed by atoms with Gasteiger partial charge in [-0.2, -0.15) is 0 Å². The number of hydrogen-bond donors (Lipinski definition) is 12. The summed E-state index contributed by atoms with van der Waals surface area (Å²) < 4.78 is 47.1. The molecule has 0 unspecified atom stereocenters. The van der Waals surface area contributed by atoms with Crippen LogP contribution in [0.4, 0.5) is 0 Å². The fraction of sp³-hybridized carbons (Fsp3) is 0.266. The molecule has 0 spiro atoms. The van der Waals surface area contributed by atoms with Crippen molar-refractivity contribution in [3.63, 3.8) is 0 Å². The lowest BCUT2D eigenvalue weighted by atomic mass is 8.43. The van der Waals surface area contributed by atoms with E-state index >= 15 is 0 Å². The van der Waals surface area contributed by atoms with Crippen LogP contribution < -0.4 is 20.9 Å². The van der Waals surface area contributed by atoms with Crippen molar-refractivity contribution in [1.29, 1.82) is 0 Å². The van der Waals surface area contributed by atoms with Crippen LogP contribution in [-0.4, -0.2) is 251 Å². The number of fused-ring (bicyclic) bond motifs is 6. The Bertz CT molecular complexity index is 4970. The second-order valence-electron chi connectivity index (χ2n) is 24.0. The van der Waals surface area contributed by atoms with Crippen molar-refractivity contribution < 1.29 is 86.5 Å². The van der Waals surface area contributed by atoms with Gasteiger partial charge in [0.1, 0.15) is 45.7 Å². The first kappa shape index (κ1) is 87.6. The van der Waals surface area contributed by atoms with Crippen LogP contribution in [0.5, 0.6) is 11.5 Å². The van der Waals surface area contributed by atoms with E-state index < -0.39 is 175 Å². The number of Topliss-reactive ketones (excluding diaryl/α,β-unsaturated/α-hetero) is 4. The summed E-state index contributed by atoms with van der Waals surface area (Å²) in [6, 6.07) is 5.83. The molecule has 0 aliphatic heterocycles. The molecule has 2 aromatic rings. The van der Waals surface area contributed by atoms with E-state index in [0.29, 0.717) is 23.1 Å². The highest BCUT2D eigenvalue weighted by Crippen LogP contribution is 2.54. The van der Waals surface area contributed by atoms with Crippen LogP contribution in [0.1, 0.15) is 59.1 Å². The lowest BCUT2D eigenvalue weighted by Gasteiger charge is -2.46. The van der Waals surface area contributed by atoms with E-state index in [9.17, 15) is 86.5 Å². The van der Waals surface area contributed by atoms with E-state index in [2.05, 4.69) is 126 Å². The maximum Gasteiger partial charge on any atom is 0.255 e. The van der Waals surface area contributed by atoms with Crippen molar-refractivity contribution in [2.24, 2.45) is 35.1 Å². The van der Waals surface area contributed by atoms with Crippen LogP contribution in [0.3, 0.4) is 0 Å². The number of hydrogen-bond acceptors (Lipinski definition) is 18. The van der Waals surface area contributed by atoms with Gasteiger partial charge in [-0.1, -0.05) is 35.3 Å². The second kappa shape index (κ2) is 38.3. The fourth-order valence-corrected chi connectivity index (χ4v) is 13.2. The lowest BCUT2D eigenvalue weighted by molar-refractivity contribution is -0.148. The molecule has 19 radical (unpaired) electrons. The Hall–Kier alpha value is -9.78. The molecule has 0 bridgehead atoms. The number of benzene rings is 2. The number of aryl methyl sites for hydroxylation is 1. The molecule has 6 aliphatic rings. The molecule has 2 saturated carbocycles. The smallest absolute Gasteiger partial charge is 0.255 e. The van der Waals surface area contributed by atoms with E-state index in [1.54, 1.807) is 6.07 Å². The molecule has 2 aromatic carbocycles. The molecule has 8 rings (SSSR count). The van der Waals surface area contributed by atoms with Gasteiger partial charge in [-0.15, -0.1) is 6.42 Å². The molecule has 105 heavy (non-hydrogen) atoms.